The van der Waals surface area contributed by atoms with Crippen molar-refractivity contribution < 1.29 is 4.79 Å². The minimum Gasteiger partial charge on any atom is -0.361 e. The molecular weight excluding hydrogens is 374 g/mol. The quantitative estimate of drug-likeness (QED) is 0.471. The lowest BCUT2D eigenvalue weighted by Gasteiger charge is -2.30. The molecule has 1 atom stereocenters. The van der Waals surface area contributed by atoms with Crippen LogP contribution in [0.25, 0.3) is 0 Å². The van der Waals surface area contributed by atoms with E-state index >= 15 is 0 Å². The lowest BCUT2D eigenvalue weighted by Crippen LogP contribution is -2.29. The van der Waals surface area contributed by atoms with Crippen LogP contribution in [0.1, 0.15) is 69.4 Å². The highest BCUT2D eigenvalue weighted by atomic mass is 32.1. The minimum atomic E-state index is 0.126. The number of Topliss-reactive ketones (excluding diaryl/α,β-unsaturated/α-hetero) is 1. The first-order chi connectivity index (χ1) is 14.2. The summed E-state index contributed by atoms with van der Waals surface area (Å²) in [5.74, 6) is 1.04. The second kappa shape index (κ2) is 9.47. The largest absolute Gasteiger partial charge is 0.361 e. The second-order valence-electron chi connectivity index (χ2n) is 8.96. The number of allylic oxidation sites excluding steroid dienone is 6. The summed E-state index contributed by atoms with van der Waals surface area (Å²) >= 11 is 1.89. The van der Waals surface area contributed by atoms with Crippen LogP contribution in [-0.2, 0) is 11.2 Å². The van der Waals surface area contributed by atoms with E-state index in [-0.39, 0.29) is 5.92 Å². The molecule has 0 bridgehead atoms. The third-order valence-electron chi connectivity index (χ3n) is 6.98. The molecule has 2 fully saturated rings. The molecule has 156 valence electrons. The smallest absolute Gasteiger partial charge is 0.166 e. The lowest BCUT2D eigenvalue weighted by atomic mass is 9.74. The van der Waals surface area contributed by atoms with Crippen molar-refractivity contribution in [2.45, 2.75) is 77.7 Å². The van der Waals surface area contributed by atoms with Gasteiger partial charge in [-0.2, -0.15) is 0 Å². The summed E-state index contributed by atoms with van der Waals surface area (Å²) < 4.78 is 0. The maximum Gasteiger partial charge on any atom is 0.166 e. The highest BCUT2D eigenvalue weighted by Gasteiger charge is 2.33. The first-order valence-electron chi connectivity index (χ1n) is 11.6. The number of carbonyl (C=O) groups excluding carboxylic acids is 1. The van der Waals surface area contributed by atoms with Crippen molar-refractivity contribution >= 4 is 22.1 Å². The maximum absolute atomic E-state index is 13.6. The van der Waals surface area contributed by atoms with Crippen LogP contribution in [0, 0.1) is 18.8 Å². The number of carbonyl (C=O) groups is 1. The third kappa shape index (κ3) is 4.77. The van der Waals surface area contributed by atoms with E-state index in [4.69, 9.17) is 0 Å². The summed E-state index contributed by atoms with van der Waals surface area (Å²) in [5.41, 5.74) is 3.75. The van der Waals surface area contributed by atoms with Crippen LogP contribution in [0.2, 0.25) is 0 Å². The molecular formula is C26H35NOS. The van der Waals surface area contributed by atoms with E-state index in [1.54, 1.807) is 0 Å². The maximum atomic E-state index is 13.6. The van der Waals surface area contributed by atoms with Gasteiger partial charge in [0.25, 0.3) is 0 Å². The predicted octanol–water partition coefficient (Wildman–Crippen LogP) is 6.80. The van der Waals surface area contributed by atoms with E-state index in [0.29, 0.717) is 11.7 Å². The lowest BCUT2D eigenvalue weighted by molar-refractivity contribution is -0.120. The normalized spacial score (nSPS) is 21.0. The number of hydrogen-bond acceptors (Lipinski definition) is 3. The number of hydrogen-bond donors (Lipinski definition) is 0. The zero-order valence-electron chi connectivity index (χ0n) is 18.0. The molecule has 2 nitrogen and oxygen atoms in total. The van der Waals surface area contributed by atoms with Crippen molar-refractivity contribution in [1.29, 1.82) is 0 Å². The molecule has 2 saturated carbocycles. The van der Waals surface area contributed by atoms with Crippen LogP contribution < -0.4 is 4.90 Å². The molecule has 0 spiro atoms. The van der Waals surface area contributed by atoms with Gasteiger partial charge in [-0.25, -0.2) is 0 Å². The molecule has 0 radical (unpaired) electrons. The molecule has 1 heterocycles. The first kappa shape index (κ1) is 20.7. The molecule has 0 aliphatic heterocycles. The zero-order valence-corrected chi connectivity index (χ0v) is 18.8. The average molecular weight is 410 g/mol. The van der Waals surface area contributed by atoms with E-state index in [0.717, 1.165) is 31.0 Å². The van der Waals surface area contributed by atoms with Crippen LogP contribution in [-0.4, -0.2) is 18.4 Å². The number of thiophene rings is 1. The molecule has 0 amide bonds. The molecule has 0 N–H and O–H groups in total. The summed E-state index contributed by atoms with van der Waals surface area (Å²) in [6.07, 6.45) is 21.1. The molecule has 1 aromatic rings. The molecule has 0 saturated heterocycles. The molecule has 1 unspecified atom stereocenters. The van der Waals surface area contributed by atoms with Gasteiger partial charge < -0.3 is 4.90 Å². The Bertz CT molecular complexity index is 805. The van der Waals surface area contributed by atoms with Crippen molar-refractivity contribution in [2.24, 2.45) is 11.8 Å². The van der Waals surface area contributed by atoms with Crippen molar-refractivity contribution in [3.8, 4) is 0 Å². The number of nitrogens with zero attached hydrogens (tertiary/aromatic N) is 1. The standard InChI is InChI=1S/C26H35NOS/c1-3-27(23-15-16-23)26-19(2)22(18-29-26)17-24(20-11-9-6-10-12-20)25(28)21-13-7-4-5-8-14-21/h4-5,7,13-14,18,20,23-24H,3,6,8-12,15-17H2,1-2H3. The van der Waals surface area contributed by atoms with Gasteiger partial charge in [-0.1, -0.05) is 49.6 Å². The Morgan fingerprint density at radius 3 is 2.69 bits per heavy atom. The van der Waals surface area contributed by atoms with Gasteiger partial charge in [-0.15, -0.1) is 11.3 Å². The van der Waals surface area contributed by atoms with Gasteiger partial charge >= 0.3 is 0 Å². The average Bonchev–Trinajstić information content (AvgIpc) is 3.56. The van der Waals surface area contributed by atoms with E-state index in [1.807, 2.05) is 23.5 Å². The van der Waals surface area contributed by atoms with Gasteiger partial charge in [0.1, 0.15) is 0 Å². The summed E-state index contributed by atoms with van der Waals surface area (Å²) in [6.45, 7) is 5.63. The SMILES string of the molecule is CCN(c1scc(CC(C(=O)C2=CCC=CC=C2)C2CCCCC2)c1C)C1CC1. The highest BCUT2D eigenvalue weighted by molar-refractivity contribution is 7.14. The summed E-state index contributed by atoms with van der Waals surface area (Å²) in [6, 6.07) is 0.745. The first-order valence-corrected chi connectivity index (χ1v) is 12.5. The van der Waals surface area contributed by atoms with Crippen molar-refractivity contribution in [1.82, 2.24) is 0 Å². The Morgan fingerprint density at radius 1 is 1.17 bits per heavy atom. The highest BCUT2D eigenvalue weighted by Crippen LogP contribution is 2.41. The summed E-state index contributed by atoms with van der Waals surface area (Å²) in [7, 11) is 0. The number of rotatable bonds is 8. The van der Waals surface area contributed by atoms with Crippen molar-refractivity contribution in [3.63, 3.8) is 0 Å². The van der Waals surface area contributed by atoms with E-state index < -0.39 is 0 Å². The molecule has 3 aliphatic carbocycles. The van der Waals surface area contributed by atoms with Gasteiger partial charge in [-0.05, 0) is 74.8 Å². The van der Waals surface area contributed by atoms with Crippen LogP contribution >= 0.6 is 11.3 Å². The molecule has 29 heavy (non-hydrogen) atoms. The van der Waals surface area contributed by atoms with Crippen LogP contribution in [0.3, 0.4) is 0 Å². The molecule has 0 aromatic carbocycles. The zero-order chi connectivity index (χ0) is 20.2. The third-order valence-corrected chi connectivity index (χ3v) is 8.15. The molecule has 1 aromatic heterocycles. The summed E-state index contributed by atoms with van der Waals surface area (Å²) in [5, 5.41) is 3.79. The van der Waals surface area contributed by atoms with Crippen LogP contribution in [0.5, 0.6) is 0 Å². The van der Waals surface area contributed by atoms with Gasteiger partial charge in [0.05, 0.1) is 5.00 Å². The number of anilines is 1. The van der Waals surface area contributed by atoms with Gasteiger partial charge in [-0.3, -0.25) is 4.79 Å². The minimum absolute atomic E-state index is 0.126. The predicted molar refractivity (Wildman–Crippen MR) is 125 cm³/mol. The van der Waals surface area contributed by atoms with Gasteiger partial charge in [0, 0.05) is 24.1 Å². The van der Waals surface area contributed by atoms with Crippen LogP contribution in [0.15, 0.2) is 41.3 Å². The Labute approximate surface area is 180 Å². The van der Waals surface area contributed by atoms with E-state index in [2.05, 4.69) is 42.4 Å². The van der Waals surface area contributed by atoms with E-state index in [9.17, 15) is 4.79 Å². The fourth-order valence-corrected chi connectivity index (χ4v) is 6.35. The Kier molecular flexibility index (Phi) is 6.74. The van der Waals surface area contributed by atoms with Crippen molar-refractivity contribution in [3.05, 3.63) is 52.5 Å². The summed E-state index contributed by atoms with van der Waals surface area (Å²) in [4.78, 5) is 16.2. The van der Waals surface area contributed by atoms with Crippen molar-refractivity contribution in [2.75, 3.05) is 11.4 Å². The second-order valence-corrected chi connectivity index (χ2v) is 9.82. The van der Waals surface area contributed by atoms with Gasteiger partial charge in [0.2, 0.25) is 0 Å². The fourth-order valence-electron chi connectivity index (χ4n) is 5.10. The van der Waals surface area contributed by atoms with Gasteiger partial charge in [0.15, 0.2) is 5.78 Å². The van der Waals surface area contributed by atoms with Crippen LogP contribution in [0.4, 0.5) is 5.00 Å². The monoisotopic (exact) mass is 409 g/mol. The molecule has 4 rings (SSSR count). The Balaban J connectivity index is 1.58. The molecule has 3 aliphatic rings. The number of ketones is 1. The Hall–Kier alpha value is -1.61. The fraction of sp³-hybridized carbons (Fsp3) is 0.577. The topological polar surface area (TPSA) is 20.3 Å². The Morgan fingerprint density at radius 2 is 1.97 bits per heavy atom. The van der Waals surface area contributed by atoms with E-state index in [1.165, 1.54) is 61.1 Å². The molecule has 3 heteroatoms.